The minimum Gasteiger partial charge on any atom is -0.384 e. The van der Waals surface area contributed by atoms with Crippen LogP contribution in [-0.4, -0.2) is 48.3 Å². The van der Waals surface area contributed by atoms with E-state index >= 15 is 0 Å². The number of likely N-dealkylation sites (tertiary alicyclic amines) is 1. The predicted molar refractivity (Wildman–Crippen MR) is 87.6 cm³/mol. The van der Waals surface area contributed by atoms with Gasteiger partial charge < -0.3 is 20.6 Å². The highest BCUT2D eigenvalue weighted by atomic mass is 19.1. The smallest absolute Gasteiger partial charge is 0.315 e. The van der Waals surface area contributed by atoms with Crippen LogP contribution in [0.3, 0.4) is 0 Å². The standard InChI is InChI=1S/C17H26FN3O2/c1-3-21-10-8-15(9-11-21)20-16(22)19-12-17(2,23)13-4-6-14(18)7-5-13/h4-7,15,23H,3,8-12H2,1-2H3,(H2,19,20,22). The summed E-state index contributed by atoms with van der Waals surface area (Å²) in [6, 6.07) is 5.54. The van der Waals surface area contributed by atoms with Gasteiger partial charge in [-0.15, -0.1) is 0 Å². The summed E-state index contributed by atoms with van der Waals surface area (Å²) >= 11 is 0. The Hall–Kier alpha value is -1.66. The Bertz CT molecular complexity index is 511. The van der Waals surface area contributed by atoms with Crippen LogP contribution in [0.15, 0.2) is 24.3 Å². The van der Waals surface area contributed by atoms with Crippen LogP contribution in [0, 0.1) is 5.82 Å². The third kappa shape index (κ3) is 5.18. The molecule has 1 saturated heterocycles. The van der Waals surface area contributed by atoms with Gasteiger partial charge in [-0.25, -0.2) is 9.18 Å². The van der Waals surface area contributed by atoms with Gasteiger partial charge in [-0.3, -0.25) is 0 Å². The Balaban J connectivity index is 1.78. The third-order valence-electron chi connectivity index (χ3n) is 4.43. The summed E-state index contributed by atoms with van der Waals surface area (Å²) in [7, 11) is 0. The van der Waals surface area contributed by atoms with Crippen molar-refractivity contribution in [3.63, 3.8) is 0 Å². The molecule has 2 rings (SSSR count). The second-order valence-corrected chi connectivity index (χ2v) is 6.32. The molecule has 0 spiro atoms. The van der Waals surface area contributed by atoms with E-state index in [0.29, 0.717) is 5.56 Å². The maximum absolute atomic E-state index is 12.9. The molecule has 0 aliphatic carbocycles. The molecular weight excluding hydrogens is 297 g/mol. The molecule has 1 aromatic rings. The number of urea groups is 1. The number of halogens is 1. The summed E-state index contributed by atoms with van der Waals surface area (Å²) in [5.74, 6) is -0.353. The third-order valence-corrected chi connectivity index (χ3v) is 4.43. The lowest BCUT2D eigenvalue weighted by atomic mass is 9.96. The predicted octanol–water partition coefficient (Wildman–Crippen LogP) is 1.82. The summed E-state index contributed by atoms with van der Waals surface area (Å²) in [5, 5.41) is 16.1. The van der Waals surface area contributed by atoms with Gasteiger partial charge in [0.1, 0.15) is 11.4 Å². The van der Waals surface area contributed by atoms with Crippen molar-refractivity contribution in [1.29, 1.82) is 0 Å². The van der Waals surface area contributed by atoms with Crippen LogP contribution in [0.2, 0.25) is 0 Å². The molecule has 1 unspecified atom stereocenters. The van der Waals surface area contributed by atoms with Gasteiger partial charge in [0.15, 0.2) is 0 Å². The molecular formula is C17H26FN3O2. The first-order chi connectivity index (χ1) is 10.9. The molecule has 0 aromatic heterocycles. The van der Waals surface area contributed by atoms with Crippen LogP contribution >= 0.6 is 0 Å². The minimum atomic E-state index is -1.24. The molecule has 3 N–H and O–H groups in total. The molecule has 5 nitrogen and oxygen atoms in total. The van der Waals surface area contributed by atoms with E-state index < -0.39 is 5.60 Å². The summed E-state index contributed by atoms with van der Waals surface area (Å²) in [6.07, 6.45) is 1.88. The largest absolute Gasteiger partial charge is 0.384 e. The van der Waals surface area contributed by atoms with Gasteiger partial charge in [-0.05, 0) is 44.0 Å². The second-order valence-electron chi connectivity index (χ2n) is 6.32. The molecule has 1 heterocycles. The second kappa shape index (κ2) is 7.75. The molecule has 1 aliphatic rings. The Morgan fingerprint density at radius 2 is 1.96 bits per heavy atom. The van der Waals surface area contributed by atoms with Crippen molar-refractivity contribution >= 4 is 6.03 Å². The fourth-order valence-corrected chi connectivity index (χ4v) is 2.79. The first-order valence-corrected chi connectivity index (χ1v) is 8.16. The first kappa shape index (κ1) is 17.7. The van der Waals surface area contributed by atoms with Crippen LogP contribution in [0.4, 0.5) is 9.18 Å². The van der Waals surface area contributed by atoms with Gasteiger partial charge in [0.05, 0.1) is 6.54 Å². The molecule has 1 atom stereocenters. The van der Waals surface area contributed by atoms with Gasteiger partial charge in [0.2, 0.25) is 0 Å². The molecule has 23 heavy (non-hydrogen) atoms. The number of carbonyl (C=O) groups is 1. The van der Waals surface area contributed by atoms with E-state index in [1.807, 2.05) is 0 Å². The number of benzene rings is 1. The molecule has 0 radical (unpaired) electrons. The molecule has 0 saturated carbocycles. The Morgan fingerprint density at radius 3 is 2.52 bits per heavy atom. The zero-order valence-electron chi connectivity index (χ0n) is 13.8. The summed E-state index contributed by atoms with van der Waals surface area (Å²) in [4.78, 5) is 14.3. The number of aliphatic hydroxyl groups is 1. The maximum atomic E-state index is 12.9. The number of piperidine rings is 1. The number of rotatable bonds is 5. The van der Waals surface area contributed by atoms with Crippen LogP contribution in [0.25, 0.3) is 0 Å². The summed E-state index contributed by atoms with van der Waals surface area (Å²) < 4.78 is 12.9. The lowest BCUT2D eigenvalue weighted by Crippen LogP contribution is -2.50. The van der Waals surface area contributed by atoms with E-state index in [9.17, 15) is 14.3 Å². The number of hydrogen-bond donors (Lipinski definition) is 3. The van der Waals surface area contributed by atoms with E-state index in [4.69, 9.17) is 0 Å². The van der Waals surface area contributed by atoms with Gasteiger partial charge in [-0.1, -0.05) is 19.1 Å². The zero-order valence-corrected chi connectivity index (χ0v) is 13.8. The molecule has 128 valence electrons. The van der Waals surface area contributed by atoms with Crippen molar-refractivity contribution in [2.75, 3.05) is 26.2 Å². The van der Waals surface area contributed by atoms with Crippen molar-refractivity contribution in [3.8, 4) is 0 Å². The van der Waals surface area contributed by atoms with Crippen LogP contribution in [0.1, 0.15) is 32.3 Å². The highest BCUT2D eigenvalue weighted by molar-refractivity contribution is 5.74. The molecule has 1 aromatic carbocycles. The Labute approximate surface area is 136 Å². The monoisotopic (exact) mass is 323 g/mol. The quantitative estimate of drug-likeness (QED) is 0.774. The number of hydrogen-bond acceptors (Lipinski definition) is 3. The normalized spacial score (nSPS) is 19.1. The zero-order chi connectivity index (χ0) is 16.9. The van der Waals surface area contributed by atoms with Crippen LogP contribution in [-0.2, 0) is 5.60 Å². The fourth-order valence-electron chi connectivity index (χ4n) is 2.79. The van der Waals surface area contributed by atoms with Gasteiger partial charge >= 0.3 is 6.03 Å². The van der Waals surface area contributed by atoms with E-state index in [2.05, 4.69) is 22.5 Å². The summed E-state index contributed by atoms with van der Waals surface area (Å²) in [6.45, 7) is 6.83. The molecule has 1 fully saturated rings. The SMILES string of the molecule is CCN1CCC(NC(=O)NCC(C)(O)c2ccc(F)cc2)CC1. The van der Waals surface area contributed by atoms with Crippen molar-refractivity contribution in [1.82, 2.24) is 15.5 Å². The van der Waals surface area contributed by atoms with Crippen molar-refractivity contribution in [3.05, 3.63) is 35.6 Å². The van der Waals surface area contributed by atoms with Crippen molar-refractivity contribution < 1.29 is 14.3 Å². The molecule has 0 bridgehead atoms. The van der Waals surface area contributed by atoms with Crippen molar-refractivity contribution in [2.24, 2.45) is 0 Å². The van der Waals surface area contributed by atoms with E-state index in [1.165, 1.54) is 24.3 Å². The van der Waals surface area contributed by atoms with E-state index in [0.717, 1.165) is 32.5 Å². The highest BCUT2D eigenvalue weighted by Gasteiger charge is 2.25. The van der Waals surface area contributed by atoms with Crippen molar-refractivity contribution in [2.45, 2.75) is 38.3 Å². The summed E-state index contributed by atoms with van der Waals surface area (Å²) in [5.41, 5.74) is -0.674. The fraction of sp³-hybridized carbons (Fsp3) is 0.588. The lowest BCUT2D eigenvalue weighted by Gasteiger charge is -2.32. The number of carbonyl (C=O) groups excluding carboxylic acids is 1. The lowest BCUT2D eigenvalue weighted by molar-refractivity contribution is 0.0590. The number of amides is 2. The highest BCUT2D eigenvalue weighted by Crippen LogP contribution is 2.19. The average molecular weight is 323 g/mol. The minimum absolute atomic E-state index is 0.0677. The van der Waals surface area contributed by atoms with E-state index in [-0.39, 0.29) is 24.4 Å². The first-order valence-electron chi connectivity index (χ1n) is 8.16. The molecule has 1 aliphatic heterocycles. The Kier molecular flexibility index (Phi) is 5.96. The van der Waals surface area contributed by atoms with Gasteiger partial charge in [-0.2, -0.15) is 0 Å². The van der Waals surface area contributed by atoms with Crippen LogP contribution < -0.4 is 10.6 Å². The van der Waals surface area contributed by atoms with Gasteiger partial charge in [0.25, 0.3) is 0 Å². The van der Waals surface area contributed by atoms with E-state index in [1.54, 1.807) is 6.92 Å². The Morgan fingerprint density at radius 1 is 1.35 bits per heavy atom. The van der Waals surface area contributed by atoms with Crippen LogP contribution in [0.5, 0.6) is 0 Å². The number of nitrogens with zero attached hydrogens (tertiary/aromatic N) is 1. The maximum Gasteiger partial charge on any atom is 0.315 e. The average Bonchev–Trinajstić information content (AvgIpc) is 2.54. The number of nitrogens with one attached hydrogen (secondary N) is 2. The van der Waals surface area contributed by atoms with Gasteiger partial charge in [0, 0.05) is 19.1 Å². The topological polar surface area (TPSA) is 64.6 Å². The molecule has 6 heteroatoms. The molecule has 2 amide bonds.